The molecule has 0 unspecified atom stereocenters. The highest BCUT2D eigenvalue weighted by atomic mass is 32.2. The van der Waals surface area contributed by atoms with Gasteiger partial charge in [-0.3, -0.25) is 19.4 Å². The maximum Gasteiger partial charge on any atom is 0.259 e. The first kappa shape index (κ1) is 25.1. The van der Waals surface area contributed by atoms with E-state index >= 15 is 0 Å². The molecule has 3 aliphatic rings. The number of fused-ring (bicyclic) bond motifs is 3. The van der Waals surface area contributed by atoms with Gasteiger partial charge in [0.25, 0.3) is 5.91 Å². The molecule has 1 aliphatic carbocycles. The van der Waals surface area contributed by atoms with E-state index in [0.717, 1.165) is 31.2 Å². The van der Waals surface area contributed by atoms with Crippen LogP contribution in [0.5, 0.6) is 0 Å². The summed E-state index contributed by atoms with van der Waals surface area (Å²) in [5, 5.41) is 6.24. The Hall–Kier alpha value is -3.53. The highest BCUT2D eigenvalue weighted by molar-refractivity contribution is 8.14. The van der Waals surface area contributed by atoms with Crippen LogP contribution in [0.1, 0.15) is 49.7 Å². The number of hydrogen-bond donors (Lipinski definition) is 2. The number of thioether (sulfide) groups is 1. The third-order valence-corrected chi connectivity index (χ3v) is 7.57. The Morgan fingerprint density at radius 3 is 2.57 bits per heavy atom. The third-order valence-electron chi connectivity index (χ3n) is 6.63. The molecule has 0 radical (unpaired) electrons. The summed E-state index contributed by atoms with van der Waals surface area (Å²) in [7, 11) is 0. The van der Waals surface area contributed by atoms with Crippen LogP contribution in [-0.4, -0.2) is 51.5 Å². The fourth-order valence-electron chi connectivity index (χ4n) is 4.73. The maximum atomic E-state index is 13.4. The third kappa shape index (κ3) is 5.90. The van der Waals surface area contributed by atoms with Crippen molar-refractivity contribution in [3.8, 4) is 0 Å². The molecule has 192 valence electrons. The lowest BCUT2D eigenvalue weighted by Crippen LogP contribution is -2.43. The van der Waals surface area contributed by atoms with Crippen molar-refractivity contribution in [2.24, 2.45) is 9.98 Å². The van der Waals surface area contributed by atoms with Gasteiger partial charge in [0, 0.05) is 18.2 Å². The Morgan fingerprint density at radius 1 is 1.03 bits per heavy atom. The fraction of sp³-hybridized carbons (Fsp3) is 0.370. The first-order valence-corrected chi connectivity index (χ1v) is 13.5. The van der Waals surface area contributed by atoms with E-state index < -0.39 is 6.04 Å². The van der Waals surface area contributed by atoms with E-state index in [1.165, 1.54) is 35.2 Å². The lowest BCUT2D eigenvalue weighted by molar-refractivity contribution is -0.128. The van der Waals surface area contributed by atoms with Gasteiger partial charge in [0.15, 0.2) is 5.17 Å². The van der Waals surface area contributed by atoms with Crippen molar-refractivity contribution in [1.82, 2.24) is 15.5 Å². The van der Waals surface area contributed by atoms with Crippen LogP contribution >= 0.6 is 11.8 Å². The van der Waals surface area contributed by atoms with Gasteiger partial charge in [-0.15, -0.1) is 0 Å². The SMILES string of the molecule is O=C(C[C@H]1N=C2c3ccccc3N=C(SCC(=O)NC3CCCCC3)N2C1=O)NCc1ccc(F)cc1. The molecule has 0 aromatic heterocycles. The molecule has 2 N–H and O–H groups in total. The molecule has 1 atom stereocenters. The van der Waals surface area contributed by atoms with Crippen LogP contribution in [0.2, 0.25) is 0 Å². The molecule has 2 aliphatic heterocycles. The molecule has 0 bridgehead atoms. The molecule has 2 aromatic rings. The van der Waals surface area contributed by atoms with Crippen LogP contribution in [0.4, 0.5) is 10.1 Å². The van der Waals surface area contributed by atoms with Crippen molar-refractivity contribution >= 4 is 46.2 Å². The number of benzene rings is 2. The summed E-state index contributed by atoms with van der Waals surface area (Å²) < 4.78 is 13.1. The Bertz CT molecular complexity index is 1260. The largest absolute Gasteiger partial charge is 0.353 e. The second-order valence-corrected chi connectivity index (χ2v) is 10.3. The zero-order chi connectivity index (χ0) is 25.8. The van der Waals surface area contributed by atoms with Crippen LogP contribution in [0, 0.1) is 5.82 Å². The van der Waals surface area contributed by atoms with Crippen molar-refractivity contribution < 1.29 is 18.8 Å². The Morgan fingerprint density at radius 2 is 1.78 bits per heavy atom. The lowest BCUT2D eigenvalue weighted by Gasteiger charge is -2.26. The molecule has 0 saturated heterocycles. The van der Waals surface area contributed by atoms with Gasteiger partial charge < -0.3 is 10.6 Å². The van der Waals surface area contributed by atoms with Crippen molar-refractivity contribution in [2.75, 3.05) is 5.75 Å². The number of halogens is 1. The van der Waals surface area contributed by atoms with Crippen LogP contribution in [-0.2, 0) is 20.9 Å². The highest BCUT2D eigenvalue weighted by Crippen LogP contribution is 2.34. The molecule has 0 spiro atoms. The minimum atomic E-state index is -0.892. The lowest BCUT2D eigenvalue weighted by atomic mass is 9.95. The van der Waals surface area contributed by atoms with E-state index in [2.05, 4.69) is 20.6 Å². The summed E-state index contributed by atoms with van der Waals surface area (Å²) in [4.78, 5) is 49.2. The van der Waals surface area contributed by atoms with Crippen LogP contribution < -0.4 is 10.6 Å². The van der Waals surface area contributed by atoms with Crippen molar-refractivity contribution in [1.29, 1.82) is 0 Å². The van der Waals surface area contributed by atoms with E-state index in [4.69, 9.17) is 0 Å². The number of amides is 3. The summed E-state index contributed by atoms with van der Waals surface area (Å²) in [5.74, 6) is -0.528. The minimum absolute atomic E-state index is 0.0830. The van der Waals surface area contributed by atoms with Crippen LogP contribution in [0.15, 0.2) is 58.5 Å². The van der Waals surface area contributed by atoms with E-state index in [9.17, 15) is 18.8 Å². The second kappa shape index (κ2) is 11.2. The molecular weight excluding hydrogens is 493 g/mol. The monoisotopic (exact) mass is 521 g/mol. The van der Waals surface area contributed by atoms with Gasteiger partial charge in [-0.2, -0.15) is 0 Å². The normalized spacial score (nSPS) is 19.0. The number of hydrogen-bond acceptors (Lipinski definition) is 6. The second-order valence-electron chi connectivity index (χ2n) is 9.35. The molecule has 5 rings (SSSR count). The number of aliphatic imine (C=N–C) groups is 2. The van der Waals surface area contributed by atoms with Gasteiger partial charge in [-0.25, -0.2) is 14.3 Å². The predicted molar refractivity (Wildman–Crippen MR) is 141 cm³/mol. The number of carbonyl (C=O) groups is 3. The molecule has 8 nitrogen and oxygen atoms in total. The number of para-hydroxylation sites is 1. The number of amidine groups is 2. The molecule has 2 heterocycles. The number of nitrogens with zero attached hydrogens (tertiary/aromatic N) is 3. The van der Waals surface area contributed by atoms with E-state index in [-0.39, 0.29) is 48.3 Å². The summed E-state index contributed by atoms with van der Waals surface area (Å²) in [6.45, 7) is 0.224. The average molecular weight is 522 g/mol. The summed E-state index contributed by atoms with van der Waals surface area (Å²) in [6.07, 6.45) is 5.34. The van der Waals surface area contributed by atoms with Gasteiger partial charge in [0.05, 0.1) is 17.9 Å². The van der Waals surface area contributed by atoms with Gasteiger partial charge >= 0.3 is 0 Å². The first-order valence-electron chi connectivity index (χ1n) is 12.5. The quantitative estimate of drug-likeness (QED) is 0.580. The number of nitrogens with one attached hydrogen (secondary N) is 2. The van der Waals surface area contributed by atoms with Crippen molar-refractivity contribution in [3.63, 3.8) is 0 Å². The van der Waals surface area contributed by atoms with Gasteiger partial charge in [-0.05, 0) is 42.7 Å². The van der Waals surface area contributed by atoms with E-state index in [0.29, 0.717) is 22.3 Å². The molecule has 37 heavy (non-hydrogen) atoms. The number of rotatable bonds is 7. The minimum Gasteiger partial charge on any atom is -0.353 e. The fourth-order valence-corrected chi connectivity index (χ4v) is 5.54. The zero-order valence-electron chi connectivity index (χ0n) is 20.3. The smallest absolute Gasteiger partial charge is 0.259 e. The Balaban J connectivity index is 1.25. The van der Waals surface area contributed by atoms with E-state index in [1.54, 1.807) is 12.1 Å². The van der Waals surface area contributed by atoms with Gasteiger partial charge in [0.1, 0.15) is 17.7 Å². The molecular formula is C27H28FN5O3S. The zero-order valence-corrected chi connectivity index (χ0v) is 21.1. The van der Waals surface area contributed by atoms with Crippen LogP contribution in [0.3, 0.4) is 0 Å². The molecule has 2 aromatic carbocycles. The summed E-state index contributed by atoms with van der Waals surface area (Å²) in [6, 6.07) is 12.5. The molecule has 1 fully saturated rings. The molecule has 3 amide bonds. The number of carbonyl (C=O) groups excluding carboxylic acids is 3. The topological polar surface area (TPSA) is 103 Å². The maximum absolute atomic E-state index is 13.4. The summed E-state index contributed by atoms with van der Waals surface area (Å²) >= 11 is 1.20. The van der Waals surface area contributed by atoms with Gasteiger partial charge in [0.2, 0.25) is 11.8 Å². The molecule has 10 heteroatoms. The highest BCUT2D eigenvalue weighted by Gasteiger charge is 2.42. The molecule has 1 saturated carbocycles. The van der Waals surface area contributed by atoms with Crippen molar-refractivity contribution in [2.45, 2.75) is 57.2 Å². The van der Waals surface area contributed by atoms with E-state index in [1.807, 2.05) is 24.3 Å². The van der Waals surface area contributed by atoms with Crippen molar-refractivity contribution in [3.05, 3.63) is 65.5 Å². The van der Waals surface area contributed by atoms with Gasteiger partial charge in [-0.1, -0.05) is 55.3 Å². The Kier molecular flexibility index (Phi) is 7.64. The summed E-state index contributed by atoms with van der Waals surface area (Å²) in [5.41, 5.74) is 2.13. The first-order chi connectivity index (χ1) is 18.0. The Labute approximate surface area is 218 Å². The average Bonchev–Trinajstić information content (AvgIpc) is 3.23. The van der Waals surface area contributed by atoms with Crippen LogP contribution in [0.25, 0.3) is 0 Å². The predicted octanol–water partition coefficient (Wildman–Crippen LogP) is 3.67. The standard InChI is InChI=1S/C27H28FN5O3S/c28-18-12-10-17(11-13-18)15-29-23(34)14-22-26(36)33-25(31-22)20-8-4-5-9-21(20)32-27(33)37-16-24(35)30-19-6-2-1-3-7-19/h4-5,8-13,19,22H,1-3,6-7,14-16H2,(H,29,34)(H,30,35)/t22-/m1/s1.